The first-order valence-electron chi connectivity index (χ1n) is 8.90. The summed E-state index contributed by atoms with van der Waals surface area (Å²) in [6, 6.07) is 12.7. The third kappa shape index (κ3) is 5.90. The second-order valence-corrected chi connectivity index (χ2v) is 6.97. The molecule has 2 rings (SSSR count). The highest BCUT2D eigenvalue weighted by Gasteiger charge is 2.35. The Labute approximate surface area is 163 Å². The van der Waals surface area contributed by atoms with Crippen LogP contribution in [0, 0.1) is 11.2 Å². The highest BCUT2D eigenvalue weighted by atomic mass is 19.1. The average Bonchev–Trinajstić information content (AvgIpc) is 2.64. The van der Waals surface area contributed by atoms with Crippen LogP contribution in [0.2, 0.25) is 0 Å². The molecule has 0 atom stereocenters. The van der Waals surface area contributed by atoms with Crippen LogP contribution in [0.3, 0.4) is 0 Å². The molecule has 0 aliphatic rings. The Morgan fingerprint density at radius 3 is 1.93 bits per heavy atom. The second kappa shape index (κ2) is 9.12. The van der Waals surface area contributed by atoms with Crippen molar-refractivity contribution in [2.45, 2.75) is 27.2 Å². The maximum absolute atomic E-state index is 12.9. The molecule has 0 radical (unpaired) electrons. The highest BCUT2D eigenvalue weighted by Crippen LogP contribution is 2.20. The molecule has 0 saturated heterocycles. The van der Waals surface area contributed by atoms with E-state index in [1.165, 1.54) is 19.1 Å². The van der Waals surface area contributed by atoms with Gasteiger partial charge < -0.3 is 16.0 Å². The van der Waals surface area contributed by atoms with E-state index in [0.29, 0.717) is 24.3 Å². The Balaban J connectivity index is 1.88. The molecule has 148 valence electrons. The molecule has 2 aromatic carbocycles. The first kappa shape index (κ1) is 21.1. The van der Waals surface area contributed by atoms with Crippen molar-refractivity contribution in [3.63, 3.8) is 0 Å². The zero-order valence-electron chi connectivity index (χ0n) is 16.1. The van der Waals surface area contributed by atoms with Crippen LogP contribution < -0.4 is 16.0 Å². The monoisotopic (exact) mass is 385 g/mol. The molecule has 0 aromatic heterocycles. The van der Waals surface area contributed by atoms with Crippen LogP contribution in [0.25, 0.3) is 0 Å². The Bertz CT molecular complexity index is 846. The van der Waals surface area contributed by atoms with Crippen molar-refractivity contribution < 1.29 is 18.8 Å². The number of carbonyl (C=O) groups is 3. The molecule has 0 bridgehead atoms. The van der Waals surface area contributed by atoms with Crippen LogP contribution in [-0.4, -0.2) is 24.3 Å². The molecule has 0 spiro atoms. The van der Waals surface area contributed by atoms with Crippen molar-refractivity contribution in [3.05, 3.63) is 59.9 Å². The van der Waals surface area contributed by atoms with Crippen LogP contribution in [0.15, 0.2) is 48.5 Å². The average molecular weight is 385 g/mol. The molecule has 0 fully saturated rings. The van der Waals surface area contributed by atoms with Crippen LogP contribution >= 0.6 is 0 Å². The largest absolute Gasteiger partial charge is 0.355 e. The van der Waals surface area contributed by atoms with Gasteiger partial charge in [-0.3, -0.25) is 14.4 Å². The maximum atomic E-state index is 12.9. The van der Waals surface area contributed by atoms with Crippen molar-refractivity contribution in [1.29, 1.82) is 0 Å². The molecular weight excluding hydrogens is 361 g/mol. The molecule has 3 amide bonds. The van der Waals surface area contributed by atoms with E-state index in [2.05, 4.69) is 16.0 Å². The van der Waals surface area contributed by atoms with Gasteiger partial charge in [-0.05, 0) is 62.2 Å². The number of hydrogen-bond acceptors (Lipinski definition) is 3. The topological polar surface area (TPSA) is 87.3 Å². The first-order chi connectivity index (χ1) is 13.2. The van der Waals surface area contributed by atoms with Crippen molar-refractivity contribution in [2.24, 2.45) is 5.41 Å². The normalized spacial score (nSPS) is 10.9. The van der Waals surface area contributed by atoms with Crippen LogP contribution in [-0.2, 0) is 20.8 Å². The fraction of sp³-hybridized carbons (Fsp3) is 0.286. The van der Waals surface area contributed by atoms with Gasteiger partial charge in [0.25, 0.3) is 0 Å². The van der Waals surface area contributed by atoms with Crippen LogP contribution in [0.4, 0.5) is 15.8 Å². The van der Waals surface area contributed by atoms with Gasteiger partial charge in [0.1, 0.15) is 11.2 Å². The number of hydrogen-bond donors (Lipinski definition) is 3. The summed E-state index contributed by atoms with van der Waals surface area (Å²) in [5, 5.41) is 8.08. The van der Waals surface area contributed by atoms with E-state index < -0.39 is 17.2 Å². The number of nitrogens with one attached hydrogen (secondary N) is 3. The van der Waals surface area contributed by atoms with Gasteiger partial charge in [-0.2, -0.15) is 0 Å². The van der Waals surface area contributed by atoms with Gasteiger partial charge >= 0.3 is 0 Å². The Hall–Kier alpha value is -3.22. The molecule has 0 unspecified atom stereocenters. The predicted molar refractivity (Wildman–Crippen MR) is 106 cm³/mol. The first-order valence-corrected chi connectivity index (χ1v) is 8.90. The summed E-state index contributed by atoms with van der Waals surface area (Å²) in [5.74, 6) is -1.34. The van der Waals surface area contributed by atoms with E-state index in [0.717, 1.165) is 5.56 Å². The summed E-state index contributed by atoms with van der Waals surface area (Å²) in [5.41, 5.74) is 0.747. The van der Waals surface area contributed by atoms with E-state index in [4.69, 9.17) is 0 Å². The fourth-order valence-electron chi connectivity index (χ4n) is 2.42. The lowest BCUT2D eigenvalue weighted by Gasteiger charge is -2.23. The van der Waals surface area contributed by atoms with Gasteiger partial charge in [-0.15, -0.1) is 0 Å². The van der Waals surface area contributed by atoms with Gasteiger partial charge in [-0.25, -0.2) is 4.39 Å². The smallest absolute Gasteiger partial charge is 0.239 e. The number of amides is 3. The third-order valence-corrected chi connectivity index (χ3v) is 4.21. The summed E-state index contributed by atoms with van der Waals surface area (Å²) in [6.45, 7) is 4.84. The molecule has 0 aliphatic carbocycles. The fourth-order valence-corrected chi connectivity index (χ4v) is 2.42. The van der Waals surface area contributed by atoms with Gasteiger partial charge in [0.15, 0.2) is 0 Å². The zero-order valence-corrected chi connectivity index (χ0v) is 16.1. The zero-order chi connectivity index (χ0) is 20.7. The van der Waals surface area contributed by atoms with Crippen molar-refractivity contribution in [3.8, 4) is 0 Å². The number of rotatable bonds is 7. The number of halogens is 1. The summed E-state index contributed by atoms with van der Waals surface area (Å²) < 4.78 is 12.9. The lowest BCUT2D eigenvalue weighted by Crippen LogP contribution is -2.45. The second-order valence-electron chi connectivity index (χ2n) is 6.97. The Morgan fingerprint density at radius 2 is 1.39 bits per heavy atom. The van der Waals surface area contributed by atoms with Crippen molar-refractivity contribution in [2.75, 3.05) is 17.2 Å². The lowest BCUT2D eigenvalue weighted by atomic mass is 9.91. The van der Waals surface area contributed by atoms with E-state index in [-0.39, 0.29) is 11.7 Å². The van der Waals surface area contributed by atoms with Crippen LogP contribution in [0.5, 0.6) is 0 Å². The van der Waals surface area contributed by atoms with Crippen molar-refractivity contribution >= 4 is 29.1 Å². The minimum absolute atomic E-state index is 0.185. The molecule has 7 heteroatoms. The standard InChI is InChI=1S/C21H24FN3O3/c1-14(26)24-17-8-10-18(11-9-17)25-20(28)21(2,3)19(27)23-13-12-15-4-6-16(22)7-5-15/h4-11H,12-13H2,1-3H3,(H,23,27)(H,24,26)(H,25,28). The number of anilines is 2. The molecular formula is C21H24FN3O3. The SMILES string of the molecule is CC(=O)Nc1ccc(NC(=O)C(C)(C)C(=O)NCCc2ccc(F)cc2)cc1. The van der Waals surface area contributed by atoms with Gasteiger partial charge in [0, 0.05) is 24.8 Å². The molecule has 0 heterocycles. The van der Waals surface area contributed by atoms with E-state index in [1.54, 1.807) is 50.2 Å². The summed E-state index contributed by atoms with van der Waals surface area (Å²) in [6.07, 6.45) is 0.536. The summed E-state index contributed by atoms with van der Waals surface area (Å²) in [4.78, 5) is 36.0. The Morgan fingerprint density at radius 1 is 0.857 bits per heavy atom. The summed E-state index contributed by atoms with van der Waals surface area (Å²) >= 11 is 0. The quantitative estimate of drug-likeness (QED) is 0.640. The molecule has 6 nitrogen and oxygen atoms in total. The lowest BCUT2D eigenvalue weighted by molar-refractivity contribution is -0.138. The molecule has 2 aromatic rings. The molecule has 0 saturated carbocycles. The molecule has 28 heavy (non-hydrogen) atoms. The third-order valence-electron chi connectivity index (χ3n) is 4.21. The summed E-state index contributed by atoms with van der Waals surface area (Å²) in [7, 11) is 0. The molecule has 0 aliphatic heterocycles. The molecule has 3 N–H and O–H groups in total. The van der Waals surface area contributed by atoms with E-state index in [1.807, 2.05) is 0 Å². The van der Waals surface area contributed by atoms with Gasteiger partial charge in [-0.1, -0.05) is 12.1 Å². The minimum Gasteiger partial charge on any atom is -0.355 e. The van der Waals surface area contributed by atoms with E-state index in [9.17, 15) is 18.8 Å². The predicted octanol–water partition coefficient (Wildman–Crippen LogP) is 3.11. The highest BCUT2D eigenvalue weighted by molar-refractivity contribution is 6.09. The number of carbonyl (C=O) groups excluding carboxylic acids is 3. The van der Waals surface area contributed by atoms with Gasteiger partial charge in [0.2, 0.25) is 17.7 Å². The van der Waals surface area contributed by atoms with Crippen LogP contribution in [0.1, 0.15) is 26.3 Å². The number of benzene rings is 2. The Kier molecular flexibility index (Phi) is 6.87. The van der Waals surface area contributed by atoms with E-state index >= 15 is 0 Å². The van der Waals surface area contributed by atoms with Gasteiger partial charge in [0.05, 0.1) is 0 Å². The van der Waals surface area contributed by atoms with Crippen molar-refractivity contribution in [1.82, 2.24) is 5.32 Å². The maximum Gasteiger partial charge on any atom is 0.239 e. The minimum atomic E-state index is -1.28.